The Bertz CT molecular complexity index is 682. The second kappa shape index (κ2) is 7.31. The van der Waals surface area contributed by atoms with Crippen LogP contribution in [0.15, 0.2) is 35.7 Å². The fourth-order valence-electron chi connectivity index (χ4n) is 1.98. The van der Waals surface area contributed by atoms with Crippen molar-refractivity contribution in [1.29, 1.82) is 0 Å². The zero-order chi connectivity index (χ0) is 16.1. The molecule has 7 heteroatoms. The summed E-state index contributed by atoms with van der Waals surface area (Å²) >= 11 is 0. The van der Waals surface area contributed by atoms with E-state index in [0.717, 1.165) is 5.56 Å². The second-order valence-corrected chi connectivity index (χ2v) is 6.77. The molecule has 1 N–H and O–H groups in total. The first-order valence-corrected chi connectivity index (χ1v) is 8.61. The predicted molar refractivity (Wildman–Crippen MR) is 85.1 cm³/mol. The van der Waals surface area contributed by atoms with Crippen molar-refractivity contribution < 1.29 is 9.00 Å². The van der Waals surface area contributed by atoms with Crippen LogP contribution < -0.4 is 5.32 Å². The molecule has 0 saturated heterocycles. The van der Waals surface area contributed by atoms with Gasteiger partial charge in [-0.15, -0.1) is 10.2 Å². The molecule has 1 heterocycles. The minimum atomic E-state index is -1.20. The van der Waals surface area contributed by atoms with Crippen LogP contribution >= 0.6 is 0 Å². The smallest absolute Gasteiger partial charge is 0.251 e. The van der Waals surface area contributed by atoms with Gasteiger partial charge in [0, 0.05) is 18.4 Å². The minimum absolute atomic E-state index is 0.0846. The highest BCUT2D eigenvalue weighted by molar-refractivity contribution is 7.84. The number of nitrogens with zero attached hydrogens (tertiary/aromatic N) is 3. The van der Waals surface area contributed by atoms with Gasteiger partial charge in [0.05, 0.1) is 17.3 Å². The first kappa shape index (κ1) is 16.4. The van der Waals surface area contributed by atoms with Crippen LogP contribution in [0, 0.1) is 5.92 Å². The van der Waals surface area contributed by atoms with Gasteiger partial charge >= 0.3 is 0 Å². The Morgan fingerprint density at radius 1 is 1.41 bits per heavy atom. The highest BCUT2D eigenvalue weighted by Crippen LogP contribution is 2.10. The van der Waals surface area contributed by atoms with E-state index in [-0.39, 0.29) is 5.91 Å². The van der Waals surface area contributed by atoms with Gasteiger partial charge in [-0.2, -0.15) is 0 Å². The number of rotatable bonds is 6. The molecule has 0 saturated carbocycles. The van der Waals surface area contributed by atoms with Crippen molar-refractivity contribution in [3.05, 3.63) is 41.7 Å². The zero-order valence-corrected chi connectivity index (χ0v) is 13.8. The average molecular weight is 320 g/mol. The molecule has 0 aliphatic heterocycles. The lowest BCUT2D eigenvalue weighted by Crippen LogP contribution is -2.27. The van der Waals surface area contributed by atoms with E-state index < -0.39 is 10.8 Å². The number of benzene rings is 1. The highest BCUT2D eigenvalue weighted by atomic mass is 32.2. The lowest BCUT2D eigenvalue weighted by molar-refractivity contribution is 0.0949. The van der Waals surface area contributed by atoms with Gasteiger partial charge in [0.25, 0.3) is 5.91 Å². The Labute approximate surface area is 132 Å². The molecular formula is C15H20N4O2S. The topological polar surface area (TPSA) is 76.9 Å². The summed E-state index contributed by atoms with van der Waals surface area (Å²) in [5, 5.41) is 11.0. The maximum atomic E-state index is 12.1. The predicted octanol–water partition coefficient (Wildman–Crippen LogP) is 1.45. The molecule has 1 unspecified atom stereocenters. The molecule has 1 aromatic heterocycles. The molecule has 2 rings (SSSR count). The number of carbonyl (C=O) groups is 1. The number of hydrogen-bond acceptors (Lipinski definition) is 4. The first-order chi connectivity index (χ1) is 10.5. The van der Waals surface area contributed by atoms with E-state index in [2.05, 4.69) is 29.4 Å². The van der Waals surface area contributed by atoms with E-state index in [1.54, 1.807) is 23.2 Å². The molecule has 118 valence electrons. The molecule has 0 aliphatic rings. The molecule has 0 spiro atoms. The Morgan fingerprint density at radius 3 is 2.86 bits per heavy atom. The summed E-state index contributed by atoms with van der Waals surface area (Å²) < 4.78 is 13.3. The van der Waals surface area contributed by atoms with Gasteiger partial charge in [-0.3, -0.25) is 9.00 Å². The van der Waals surface area contributed by atoms with Crippen LogP contribution in [0.1, 0.15) is 29.8 Å². The first-order valence-electron chi connectivity index (χ1n) is 7.05. The van der Waals surface area contributed by atoms with E-state index in [9.17, 15) is 9.00 Å². The molecule has 0 fully saturated rings. The fraction of sp³-hybridized carbons (Fsp3) is 0.400. The molecule has 1 amide bonds. The van der Waals surface area contributed by atoms with Crippen molar-refractivity contribution >= 4 is 16.7 Å². The minimum Gasteiger partial charge on any atom is -0.352 e. The average Bonchev–Trinajstić information content (AvgIpc) is 2.93. The summed E-state index contributed by atoms with van der Waals surface area (Å²) in [6, 6.07) is 7.37. The summed E-state index contributed by atoms with van der Waals surface area (Å²) in [6.45, 7) is 5.23. The van der Waals surface area contributed by atoms with Crippen molar-refractivity contribution in [2.45, 2.75) is 25.5 Å². The SMILES string of the molecule is CC(C)CNC(=O)c1cccc(Cn2cnnc2S(C)=O)c1. The third kappa shape index (κ3) is 4.24. The third-order valence-electron chi connectivity index (χ3n) is 3.05. The zero-order valence-electron chi connectivity index (χ0n) is 12.9. The van der Waals surface area contributed by atoms with E-state index in [1.165, 1.54) is 0 Å². The normalized spacial score (nSPS) is 12.4. The van der Waals surface area contributed by atoms with E-state index in [0.29, 0.717) is 29.7 Å². The number of aromatic nitrogens is 3. The van der Waals surface area contributed by atoms with Gasteiger partial charge in [-0.05, 0) is 23.6 Å². The summed E-state index contributed by atoms with van der Waals surface area (Å²) in [5.41, 5.74) is 1.55. The molecule has 0 bridgehead atoms. The molecule has 1 atom stereocenters. The van der Waals surface area contributed by atoms with Crippen LogP contribution in [0.3, 0.4) is 0 Å². The second-order valence-electron chi connectivity index (χ2n) is 5.50. The molecule has 6 nitrogen and oxygen atoms in total. The van der Waals surface area contributed by atoms with E-state index in [1.807, 2.05) is 18.2 Å². The lowest BCUT2D eigenvalue weighted by atomic mass is 10.1. The van der Waals surface area contributed by atoms with Crippen LogP contribution in [0.4, 0.5) is 0 Å². The van der Waals surface area contributed by atoms with Crippen molar-refractivity contribution in [2.24, 2.45) is 5.92 Å². The highest BCUT2D eigenvalue weighted by Gasteiger charge is 2.10. The number of amides is 1. The molecule has 0 aliphatic carbocycles. The molecule has 2 aromatic rings. The summed E-state index contributed by atoms with van der Waals surface area (Å²) in [7, 11) is -1.20. The van der Waals surface area contributed by atoms with Crippen molar-refractivity contribution in [3.8, 4) is 0 Å². The number of carbonyl (C=O) groups excluding carboxylic acids is 1. The fourth-order valence-corrected chi connectivity index (χ4v) is 2.59. The molecular weight excluding hydrogens is 300 g/mol. The molecule has 1 aromatic carbocycles. The van der Waals surface area contributed by atoms with Crippen molar-refractivity contribution in [3.63, 3.8) is 0 Å². The van der Waals surface area contributed by atoms with Crippen LogP contribution in [-0.4, -0.2) is 37.7 Å². The van der Waals surface area contributed by atoms with Crippen LogP contribution in [-0.2, 0) is 17.3 Å². The summed E-state index contributed by atoms with van der Waals surface area (Å²) in [6.07, 6.45) is 3.11. The van der Waals surface area contributed by atoms with Gasteiger partial charge in [-0.1, -0.05) is 26.0 Å². The standard InChI is InChI=1S/C15H20N4O2S/c1-11(2)8-16-14(20)13-6-4-5-12(7-13)9-19-10-17-18-15(19)22(3)21/h4-7,10-11H,8-9H2,1-3H3,(H,16,20). The molecule has 22 heavy (non-hydrogen) atoms. The van der Waals surface area contributed by atoms with Crippen LogP contribution in [0.5, 0.6) is 0 Å². The largest absolute Gasteiger partial charge is 0.352 e. The Hall–Kier alpha value is -2.02. The third-order valence-corrected chi connectivity index (χ3v) is 3.88. The van der Waals surface area contributed by atoms with Gasteiger partial charge in [0.1, 0.15) is 6.33 Å². The number of hydrogen-bond donors (Lipinski definition) is 1. The molecule has 0 radical (unpaired) electrons. The lowest BCUT2D eigenvalue weighted by Gasteiger charge is -2.09. The Balaban J connectivity index is 2.13. The van der Waals surface area contributed by atoms with Gasteiger partial charge in [-0.25, -0.2) is 0 Å². The summed E-state index contributed by atoms with van der Waals surface area (Å²) in [5.74, 6) is 0.324. The van der Waals surface area contributed by atoms with Crippen LogP contribution in [0.2, 0.25) is 0 Å². The van der Waals surface area contributed by atoms with Gasteiger partial charge in [0.15, 0.2) is 0 Å². The van der Waals surface area contributed by atoms with Gasteiger partial charge in [0.2, 0.25) is 5.16 Å². The Kier molecular flexibility index (Phi) is 5.43. The summed E-state index contributed by atoms with van der Waals surface area (Å²) in [4.78, 5) is 12.1. The van der Waals surface area contributed by atoms with E-state index in [4.69, 9.17) is 0 Å². The maximum Gasteiger partial charge on any atom is 0.251 e. The van der Waals surface area contributed by atoms with Gasteiger partial charge < -0.3 is 9.88 Å². The quantitative estimate of drug-likeness (QED) is 0.874. The van der Waals surface area contributed by atoms with Crippen LogP contribution in [0.25, 0.3) is 0 Å². The van der Waals surface area contributed by atoms with E-state index >= 15 is 0 Å². The Morgan fingerprint density at radius 2 is 2.18 bits per heavy atom. The van der Waals surface area contributed by atoms with Crippen molar-refractivity contribution in [2.75, 3.05) is 12.8 Å². The maximum absolute atomic E-state index is 12.1. The van der Waals surface area contributed by atoms with Crippen molar-refractivity contribution in [1.82, 2.24) is 20.1 Å². The number of nitrogens with one attached hydrogen (secondary N) is 1. The monoisotopic (exact) mass is 320 g/mol.